The van der Waals surface area contributed by atoms with Crippen molar-refractivity contribution in [2.24, 2.45) is 23.5 Å². The highest BCUT2D eigenvalue weighted by molar-refractivity contribution is 5.84. The van der Waals surface area contributed by atoms with Crippen molar-refractivity contribution in [1.29, 1.82) is 0 Å². The molecule has 0 heterocycles. The molecular weight excluding hydrogens is 260 g/mol. The minimum atomic E-state index is 0.243. The number of rotatable bonds is 3. The third-order valence-electron chi connectivity index (χ3n) is 5.80. The van der Waals surface area contributed by atoms with Crippen molar-refractivity contribution in [3.05, 3.63) is 35.4 Å². The Kier molecular flexibility index (Phi) is 3.07. The maximum atomic E-state index is 12.7. The van der Waals surface area contributed by atoms with E-state index in [4.69, 9.17) is 5.73 Å². The molecule has 112 valence electrons. The molecule has 1 aromatic rings. The molecule has 2 saturated carbocycles. The molecule has 0 radical (unpaired) electrons. The Bertz CT molecular complexity index is 564. The zero-order valence-corrected chi connectivity index (χ0v) is 12.7. The van der Waals surface area contributed by atoms with Crippen molar-refractivity contribution in [2.45, 2.75) is 37.6 Å². The third-order valence-corrected chi connectivity index (χ3v) is 5.80. The minimum absolute atomic E-state index is 0.243. The van der Waals surface area contributed by atoms with E-state index in [2.05, 4.69) is 24.3 Å². The number of benzene rings is 1. The van der Waals surface area contributed by atoms with Gasteiger partial charge in [0.25, 0.3) is 0 Å². The highest BCUT2D eigenvalue weighted by Gasteiger charge is 2.57. The van der Waals surface area contributed by atoms with Crippen LogP contribution in [0.15, 0.2) is 24.3 Å². The first kappa shape index (κ1) is 13.3. The molecule has 2 N–H and O–H groups in total. The minimum Gasteiger partial charge on any atom is -0.345 e. The number of carbonyl (C=O) groups excluding carboxylic acids is 1. The van der Waals surface area contributed by atoms with E-state index in [1.807, 2.05) is 11.9 Å². The van der Waals surface area contributed by atoms with Crippen LogP contribution in [0.2, 0.25) is 0 Å². The third kappa shape index (κ3) is 2.18. The predicted molar refractivity (Wildman–Crippen MR) is 82.8 cm³/mol. The molecular formula is C18H24N2O. The van der Waals surface area contributed by atoms with Gasteiger partial charge in [0.2, 0.25) is 5.91 Å². The summed E-state index contributed by atoms with van der Waals surface area (Å²) in [4.78, 5) is 14.7. The Morgan fingerprint density at radius 1 is 1.33 bits per heavy atom. The van der Waals surface area contributed by atoms with E-state index >= 15 is 0 Å². The van der Waals surface area contributed by atoms with Gasteiger partial charge in [-0.1, -0.05) is 24.3 Å². The van der Waals surface area contributed by atoms with Gasteiger partial charge in [-0.3, -0.25) is 4.79 Å². The van der Waals surface area contributed by atoms with Gasteiger partial charge in [0, 0.05) is 25.6 Å². The SMILES string of the molecule is CN(CC1CC(N)C1)C(=O)C1C2CCc3ccccc3C21. The van der Waals surface area contributed by atoms with Gasteiger partial charge in [-0.2, -0.15) is 0 Å². The first-order chi connectivity index (χ1) is 10.1. The predicted octanol–water partition coefficient (Wildman–Crippen LogP) is 2.16. The Morgan fingerprint density at radius 3 is 2.86 bits per heavy atom. The van der Waals surface area contributed by atoms with Gasteiger partial charge >= 0.3 is 0 Å². The second-order valence-electron chi connectivity index (χ2n) is 7.27. The molecule has 0 spiro atoms. The maximum absolute atomic E-state index is 12.7. The number of amides is 1. The van der Waals surface area contributed by atoms with Crippen LogP contribution in [0.25, 0.3) is 0 Å². The highest BCUT2D eigenvalue weighted by Crippen LogP contribution is 2.60. The maximum Gasteiger partial charge on any atom is 0.226 e. The second kappa shape index (κ2) is 4.84. The molecule has 4 rings (SSSR count). The van der Waals surface area contributed by atoms with Crippen LogP contribution in [0.3, 0.4) is 0 Å². The number of hydrogen-bond acceptors (Lipinski definition) is 2. The standard InChI is InChI=1S/C18H24N2O/c1-20(10-11-8-13(19)9-11)18(21)17-15-7-6-12-4-2-3-5-14(12)16(15)17/h2-5,11,13,15-17H,6-10,19H2,1H3. The second-order valence-corrected chi connectivity index (χ2v) is 7.27. The van der Waals surface area contributed by atoms with Crippen molar-refractivity contribution in [2.75, 3.05) is 13.6 Å². The van der Waals surface area contributed by atoms with Crippen LogP contribution in [0.5, 0.6) is 0 Å². The zero-order chi connectivity index (χ0) is 14.6. The number of aryl methyl sites for hydroxylation is 1. The molecule has 21 heavy (non-hydrogen) atoms. The van der Waals surface area contributed by atoms with Gasteiger partial charge in [-0.05, 0) is 54.6 Å². The van der Waals surface area contributed by atoms with Crippen LogP contribution in [-0.4, -0.2) is 30.4 Å². The number of carbonyl (C=O) groups is 1. The summed E-state index contributed by atoms with van der Waals surface area (Å²) in [7, 11) is 1.97. The van der Waals surface area contributed by atoms with Crippen molar-refractivity contribution >= 4 is 5.91 Å². The summed E-state index contributed by atoms with van der Waals surface area (Å²) < 4.78 is 0. The summed E-state index contributed by atoms with van der Waals surface area (Å²) >= 11 is 0. The Balaban J connectivity index is 1.43. The molecule has 3 nitrogen and oxygen atoms in total. The van der Waals surface area contributed by atoms with Gasteiger partial charge in [-0.25, -0.2) is 0 Å². The molecule has 3 aliphatic rings. The molecule has 0 bridgehead atoms. The van der Waals surface area contributed by atoms with E-state index in [1.165, 1.54) is 17.5 Å². The van der Waals surface area contributed by atoms with Gasteiger partial charge in [0.1, 0.15) is 0 Å². The topological polar surface area (TPSA) is 46.3 Å². The van der Waals surface area contributed by atoms with Gasteiger partial charge in [-0.15, -0.1) is 0 Å². The van der Waals surface area contributed by atoms with Gasteiger partial charge in [0.05, 0.1) is 0 Å². The number of fused-ring (bicyclic) bond motifs is 3. The van der Waals surface area contributed by atoms with E-state index in [-0.39, 0.29) is 5.92 Å². The molecule has 0 aliphatic heterocycles. The van der Waals surface area contributed by atoms with E-state index in [1.54, 1.807) is 0 Å². The molecule has 3 atom stereocenters. The van der Waals surface area contributed by atoms with Crippen LogP contribution in [0, 0.1) is 17.8 Å². The van der Waals surface area contributed by atoms with Crippen LogP contribution in [0.1, 0.15) is 36.3 Å². The summed E-state index contributed by atoms with van der Waals surface area (Å²) in [6, 6.07) is 9.05. The summed E-state index contributed by atoms with van der Waals surface area (Å²) in [6.07, 6.45) is 4.48. The molecule has 3 aliphatic carbocycles. The Labute approximate surface area is 126 Å². The Morgan fingerprint density at radius 2 is 2.10 bits per heavy atom. The van der Waals surface area contributed by atoms with E-state index in [0.717, 1.165) is 25.8 Å². The number of nitrogens with two attached hydrogens (primary N) is 1. The first-order valence-electron chi connectivity index (χ1n) is 8.23. The van der Waals surface area contributed by atoms with Crippen molar-refractivity contribution < 1.29 is 4.79 Å². The summed E-state index contributed by atoms with van der Waals surface area (Å²) in [5, 5.41) is 0. The van der Waals surface area contributed by atoms with E-state index in [9.17, 15) is 4.79 Å². The molecule has 0 aromatic heterocycles. The number of hydrogen-bond donors (Lipinski definition) is 1. The fourth-order valence-electron chi connectivity index (χ4n) is 4.57. The fraction of sp³-hybridized carbons (Fsp3) is 0.611. The van der Waals surface area contributed by atoms with Crippen LogP contribution < -0.4 is 5.73 Å². The average molecular weight is 284 g/mol. The lowest BCUT2D eigenvalue weighted by Crippen LogP contribution is -2.43. The summed E-state index contributed by atoms with van der Waals surface area (Å²) in [6.45, 7) is 0.893. The Hall–Kier alpha value is -1.35. The molecule has 3 unspecified atom stereocenters. The average Bonchev–Trinajstić information content (AvgIpc) is 3.19. The van der Waals surface area contributed by atoms with Crippen LogP contribution in [-0.2, 0) is 11.2 Å². The van der Waals surface area contributed by atoms with E-state index in [0.29, 0.717) is 29.7 Å². The lowest BCUT2D eigenvalue weighted by molar-refractivity contribution is -0.132. The smallest absolute Gasteiger partial charge is 0.226 e. The highest BCUT2D eigenvalue weighted by atomic mass is 16.2. The summed E-state index contributed by atoms with van der Waals surface area (Å²) in [5.41, 5.74) is 8.73. The van der Waals surface area contributed by atoms with Crippen molar-refractivity contribution in [1.82, 2.24) is 4.90 Å². The molecule has 2 fully saturated rings. The molecule has 3 heteroatoms. The summed E-state index contributed by atoms with van der Waals surface area (Å²) in [5.74, 6) is 2.32. The van der Waals surface area contributed by atoms with E-state index < -0.39 is 0 Å². The van der Waals surface area contributed by atoms with Crippen molar-refractivity contribution in [3.63, 3.8) is 0 Å². The largest absolute Gasteiger partial charge is 0.345 e. The quantitative estimate of drug-likeness (QED) is 0.924. The fourth-order valence-corrected chi connectivity index (χ4v) is 4.57. The molecule has 1 amide bonds. The normalized spacial score (nSPS) is 36.2. The monoisotopic (exact) mass is 284 g/mol. The van der Waals surface area contributed by atoms with Crippen LogP contribution in [0.4, 0.5) is 0 Å². The lowest BCUT2D eigenvalue weighted by atomic mass is 9.80. The van der Waals surface area contributed by atoms with Gasteiger partial charge in [0.15, 0.2) is 0 Å². The molecule has 0 saturated heterocycles. The first-order valence-corrected chi connectivity index (χ1v) is 8.23. The lowest BCUT2D eigenvalue weighted by Gasteiger charge is -2.35. The molecule has 1 aromatic carbocycles. The van der Waals surface area contributed by atoms with Crippen molar-refractivity contribution in [3.8, 4) is 0 Å². The van der Waals surface area contributed by atoms with Crippen LogP contribution >= 0.6 is 0 Å². The van der Waals surface area contributed by atoms with Gasteiger partial charge < -0.3 is 10.6 Å². The number of nitrogens with zero attached hydrogens (tertiary/aromatic N) is 1. The zero-order valence-electron chi connectivity index (χ0n) is 12.7.